The number of ether oxygens (including phenoxy) is 1. The van der Waals surface area contributed by atoms with Crippen molar-refractivity contribution < 1.29 is 23.5 Å². The number of carbonyl (C=O) groups is 1. The quantitative estimate of drug-likeness (QED) is 0.280. The highest BCUT2D eigenvalue weighted by molar-refractivity contribution is 7.30. The fourth-order valence-electron chi connectivity index (χ4n) is 0.415. The van der Waals surface area contributed by atoms with E-state index in [9.17, 15) is 14.3 Å². The van der Waals surface area contributed by atoms with Crippen LogP contribution in [-0.4, -0.2) is 12.6 Å². The summed E-state index contributed by atoms with van der Waals surface area (Å²) in [6.45, 7) is 3.30. The lowest BCUT2D eigenvalue weighted by Gasteiger charge is -1.98. The molecule has 0 aromatic heterocycles. The Bertz CT molecular complexity index is 210. The van der Waals surface area contributed by atoms with Crippen molar-refractivity contribution in [2.24, 2.45) is 0 Å². The van der Waals surface area contributed by atoms with E-state index in [-0.39, 0.29) is 12.2 Å². The SMILES string of the molecule is CCOC(=O)/C(C)=C/O[P+](=O)[O-]. The van der Waals surface area contributed by atoms with Crippen LogP contribution in [0.15, 0.2) is 11.8 Å². The number of hydrogen-bond donors (Lipinski definition) is 0. The van der Waals surface area contributed by atoms with Gasteiger partial charge < -0.3 is 9.63 Å². The Morgan fingerprint density at radius 1 is 1.67 bits per heavy atom. The van der Waals surface area contributed by atoms with Gasteiger partial charge in [0.1, 0.15) is 0 Å². The lowest BCUT2D eigenvalue weighted by Crippen LogP contribution is -2.05. The Kier molecular flexibility index (Phi) is 5.25. The molecular weight excluding hydrogens is 183 g/mol. The summed E-state index contributed by atoms with van der Waals surface area (Å²) >= 11 is 0. The number of rotatable bonds is 4. The largest absolute Gasteiger partial charge is 0.558 e. The lowest BCUT2D eigenvalue weighted by molar-refractivity contribution is -0.181. The highest BCUT2D eigenvalue weighted by Crippen LogP contribution is 2.11. The van der Waals surface area contributed by atoms with Gasteiger partial charge in [-0.1, -0.05) is 0 Å². The molecule has 1 unspecified atom stereocenters. The van der Waals surface area contributed by atoms with Gasteiger partial charge in [0.2, 0.25) is 0 Å². The van der Waals surface area contributed by atoms with Crippen LogP contribution in [0, 0.1) is 0 Å². The van der Waals surface area contributed by atoms with E-state index in [1.54, 1.807) is 6.92 Å². The van der Waals surface area contributed by atoms with Gasteiger partial charge in [0.15, 0.2) is 6.26 Å². The van der Waals surface area contributed by atoms with Gasteiger partial charge in [-0.2, -0.15) is 0 Å². The zero-order valence-corrected chi connectivity index (χ0v) is 7.67. The second-order valence-corrected chi connectivity index (χ2v) is 2.51. The zero-order chi connectivity index (χ0) is 9.56. The molecule has 0 aliphatic heterocycles. The van der Waals surface area contributed by atoms with Gasteiger partial charge >= 0.3 is 14.2 Å². The lowest BCUT2D eigenvalue weighted by atomic mass is 10.3. The van der Waals surface area contributed by atoms with E-state index in [2.05, 4.69) is 9.26 Å². The topological polar surface area (TPSA) is 75.7 Å². The van der Waals surface area contributed by atoms with Gasteiger partial charge in [0.25, 0.3) is 0 Å². The third-order valence-electron chi connectivity index (χ3n) is 0.913. The minimum atomic E-state index is -2.95. The normalized spacial score (nSPS) is 12.2. The molecule has 0 saturated carbocycles. The third-order valence-corrected chi connectivity index (χ3v) is 1.19. The molecule has 0 heterocycles. The van der Waals surface area contributed by atoms with Crippen molar-refractivity contribution in [2.45, 2.75) is 13.8 Å². The standard InChI is InChI=1S/C6H9O5P/c1-3-10-6(7)5(2)4-11-12(8)9/h4H,3H2,1-2H3/b5-4+. The Morgan fingerprint density at radius 2 is 2.25 bits per heavy atom. The molecule has 0 aromatic rings. The molecule has 0 N–H and O–H groups in total. The molecule has 5 nitrogen and oxygen atoms in total. The summed E-state index contributed by atoms with van der Waals surface area (Å²) in [6, 6.07) is 0. The van der Waals surface area contributed by atoms with Crippen LogP contribution in [0.2, 0.25) is 0 Å². The second kappa shape index (κ2) is 5.69. The minimum absolute atomic E-state index is 0.107. The van der Waals surface area contributed by atoms with E-state index in [1.807, 2.05) is 0 Å². The van der Waals surface area contributed by atoms with Crippen LogP contribution in [0.1, 0.15) is 13.8 Å². The van der Waals surface area contributed by atoms with Crippen LogP contribution in [0.25, 0.3) is 0 Å². The Morgan fingerprint density at radius 3 is 2.67 bits per heavy atom. The summed E-state index contributed by atoms with van der Waals surface area (Å²) in [6.07, 6.45) is 0.837. The maximum absolute atomic E-state index is 10.8. The monoisotopic (exact) mass is 192 g/mol. The van der Waals surface area contributed by atoms with Gasteiger partial charge in [-0.25, -0.2) is 4.79 Å². The molecule has 0 fully saturated rings. The minimum Gasteiger partial charge on any atom is -0.558 e. The van der Waals surface area contributed by atoms with Crippen LogP contribution < -0.4 is 4.89 Å². The molecule has 6 heteroatoms. The average Bonchev–Trinajstić information content (AvgIpc) is 2.00. The summed E-state index contributed by atoms with van der Waals surface area (Å²) in [5, 5.41) is 0. The molecule has 0 aliphatic rings. The fraction of sp³-hybridized carbons (Fsp3) is 0.500. The first-order valence-electron chi connectivity index (χ1n) is 3.23. The van der Waals surface area contributed by atoms with Crippen LogP contribution in [-0.2, 0) is 18.6 Å². The van der Waals surface area contributed by atoms with E-state index >= 15 is 0 Å². The first-order valence-corrected chi connectivity index (χ1v) is 4.32. The van der Waals surface area contributed by atoms with Crippen molar-refractivity contribution in [2.75, 3.05) is 6.61 Å². The smallest absolute Gasteiger partial charge is 0.538 e. The molecule has 0 rings (SSSR count). The zero-order valence-electron chi connectivity index (χ0n) is 6.77. The molecule has 0 spiro atoms. The third kappa shape index (κ3) is 4.82. The molecule has 68 valence electrons. The second-order valence-electron chi connectivity index (χ2n) is 1.85. The first kappa shape index (κ1) is 11.1. The van der Waals surface area contributed by atoms with Crippen molar-refractivity contribution in [3.8, 4) is 0 Å². The maximum Gasteiger partial charge on any atom is 0.538 e. The predicted molar refractivity (Wildman–Crippen MR) is 39.1 cm³/mol. The molecule has 12 heavy (non-hydrogen) atoms. The number of hydrogen-bond acceptors (Lipinski definition) is 5. The number of esters is 1. The van der Waals surface area contributed by atoms with E-state index in [0.717, 1.165) is 6.26 Å². The Hall–Kier alpha value is -0.930. The van der Waals surface area contributed by atoms with Crippen LogP contribution in [0.3, 0.4) is 0 Å². The summed E-state index contributed by atoms with van der Waals surface area (Å²) in [4.78, 5) is 20.7. The van der Waals surface area contributed by atoms with E-state index in [0.29, 0.717) is 0 Å². The van der Waals surface area contributed by atoms with Crippen molar-refractivity contribution in [3.63, 3.8) is 0 Å². The van der Waals surface area contributed by atoms with Crippen LogP contribution in [0.5, 0.6) is 0 Å². The molecule has 0 amide bonds. The van der Waals surface area contributed by atoms with Crippen molar-refractivity contribution in [3.05, 3.63) is 11.8 Å². The number of carbonyl (C=O) groups excluding carboxylic acids is 1. The summed E-state index contributed by atoms with van der Waals surface area (Å²) in [7, 11) is -2.95. The highest BCUT2D eigenvalue weighted by Gasteiger charge is 2.06. The van der Waals surface area contributed by atoms with Gasteiger partial charge in [-0.05, 0) is 18.4 Å². The fourth-order valence-corrected chi connectivity index (χ4v) is 0.659. The summed E-state index contributed by atoms with van der Waals surface area (Å²) in [5.74, 6) is -0.589. The average molecular weight is 192 g/mol. The molecule has 0 aliphatic carbocycles. The first-order chi connectivity index (χ1) is 5.57. The van der Waals surface area contributed by atoms with E-state index < -0.39 is 14.2 Å². The summed E-state index contributed by atoms with van der Waals surface area (Å²) in [5.41, 5.74) is 0.107. The predicted octanol–water partition coefficient (Wildman–Crippen LogP) is 0.488. The van der Waals surface area contributed by atoms with Crippen molar-refractivity contribution in [1.29, 1.82) is 0 Å². The van der Waals surface area contributed by atoms with Crippen molar-refractivity contribution in [1.82, 2.24) is 0 Å². The Labute approximate surface area is 70.9 Å². The van der Waals surface area contributed by atoms with Gasteiger partial charge in [0, 0.05) is 0 Å². The van der Waals surface area contributed by atoms with Gasteiger partial charge in [0.05, 0.1) is 12.2 Å². The van der Waals surface area contributed by atoms with E-state index in [4.69, 9.17) is 0 Å². The van der Waals surface area contributed by atoms with Crippen molar-refractivity contribution >= 4 is 14.2 Å². The molecule has 0 bridgehead atoms. The highest BCUT2D eigenvalue weighted by atomic mass is 31.1. The molecule has 0 radical (unpaired) electrons. The summed E-state index contributed by atoms with van der Waals surface area (Å²) < 4.78 is 18.5. The van der Waals surface area contributed by atoms with Crippen LogP contribution in [0.4, 0.5) is 0 Å². The maximum atomic E-state index is 10.8. The van der Waals surface area contributed by atoms with E-state index in [1.165, 1.54) is 6.92 Å². The van der Waals surface area contributed by atoms with Gasteiger partial charge in [-0.15, -0.1) is 0 Å². The molecule has 1 atom stereocenters. The Balaban J connectivity index is 3.99. The molecule has 0 aromatic carbocycles. The molecule has 0 saturated heterocycles. The van der Waals surface area contributed by atoms with Crippen LogP contribution >= 0.6 is 8.25 Å². The molecular formula is C6H9O5P. The van der Waals surface area contributed by atoms with Gasteiger partial charge in [-0.3, -0.25) is 4.52 Å².